The maximum atomic E-state index is 6.88. The lowest BCUT2D eigenvalue weighted by Crippen LogP contribution is -2.68. The van der Waals surface area contributed by atoms with E-state index in [9.17, 15) is 0 Å². The first-order valence-corrected chi connectivity index (χ1v) is 13.4. The van der Waals surface area contributed by atoms with Crippen molar-refractivity contribution in [3.8, 4) is 34.0 Å². The Balaban J connectivity index is 1.39. The number of aromatic nitrogens is 2. The summed E-state index contributed by atoms with van der Waals surface area (Å²) >= 11 is 0. The maximum absolute atomic E-state index is 6.88. The Morgan fingerprint density at radius 3 is 1.87 bits per heavy atom. The van der Waals surface area contributed by atoms with Crippen LogP contribution in [0.2, 0.25) is 0 Å². The van der Waals surface area contributed by atoms with Gasteiger partial charge in [0.2, 0.25) is 0 Å². The molecule has 0 spiro atoms. The molecule has 3 nitrogen and oxygen atoms in total. The number of nitrogens with zero attached hydrogens (tertiary/aromatic N) is 2. The predicted octanol–water partition coefficient (Wildman–Crippen LogP) is 5.71. The van der Waals surface area contributed by atoms with Crippen LogP contribution in [0.5, 0.6) is 11.5 Å². The van der Waals surface area contributed by atoms with E-state index in [1.165, 1.54) is 38.6 Å². The zero-order valence-corrected chi connectivity index (χ0v) is 22.0. The van der Waals surface area contributed by atoms with Crippen LogP contribution in [0.25, 0.3) is 22.5 Å². The van der Waals surface area contributed by atoms with Gasteiger partial charge in [-0.3, -0.25) is 0 Å². The van der Waals surface area contributed by atoms with Gasteiger partial charge in [-0.05, 0) is 39.2 Å². The van der Waals surface area contributed by atoms with E-state index in [1.807, 2.05) is 42.7 Å². The fourth-order valence-electron chi connectivity index (χ4n) is 7.25. The fraction of sp³-hybridized carbons (Fsp3) is 0.176. The molecule has 1 aromatic heterocycles. The van der Waals surface area contributed by atoms with Gasteiger partial charge in [-0.2, -0.15) is 0 Å². The number of rotatable bonds is 2. The van der Waals surface area contributed by atoms with Crippen molar-refractivity contribution in [3.63, 3.8) is 0 Å². The summed E-state index contributed by atoms with van der Waals surface area (Å²) in [6, 6.07) is 28.1. The average Bonchev–Trinajstić information content (AvgIpc) is 2.94. The van der Waals surface area contributed by atoms with Crippen molar-refractivity contribution in [2.24, 2.45) is 0 Å². The summed E-state index contributed by atoms with van der Waals surface area (Å²) < 4.78 is 6.88. The van der Waals surface area contributed by atoms with E-state index in [0.29, 0.717) is 0 Å². The lowest BCUT2D eigenvalue weighted by atomic mass is 9.26. The van der Waals surface area contributed by atoms with Gasteiger partial charge < -0.3 is 4.74 Å². The van der Waals surface area contributed by atoms with Gasteiger partial charge in [-0.25, -0.2) is 9.97 Å². The van der Waals surface area contributed by atoms with Crippen molar-refractivity contribution >= 4 is 23.1 Å². The highest BCUT2D eigenvalue weighted by molar-refractivity contribution is 6.99. The molecule has 8 rings (SSSR count). The van der Waals surface area contributed by atoms with Gasteiger partial charge in [-0.15, -0.1) is 0 Å². The summed E-state index contributed by atoms with van der Waals surface area (Å²) in [6.45, 7) is 9.59. The summed E-state index contributed by atoms with van der Waals surface area (Å²) in [4.78, 5) is 9.47. The molecule has 0 aliphatic carbocycles. The highest BCUT2D eigenvalue weighted by Crippen LogP contribution is 2.47. The number of hydrogen-bond acceptors (Lipinski definition) is 3. The smallest absolute Gasteiger partial charge is 0.252 e. The predicted molar refractivity (Wildman–Crippen MR) is 155 cm³/mol. The van der Waals surface area contributed by atoms with E-state index in [0.717, 1.165) is 34.0 Å². The fourth-order valence-corrected chi connectivity index (χ4v) is 7.25. The summed E-state index contributed by atoms with van der Waals surface area (Å²) in [6.07, 6.45) is 3.86. The van der Waals surface area contributed by atoms with Crippen LogP contribution < -0.4 is 21.1 Å². The molecule has 4 heterocycles. The zero-order chi connectivity index (χ0) is 25.8. The van der Waals surface area contributed by atoms with E-state index in [2.05, 4.69) is 76.2 Å². The summed E-state index contributed by atoms with van der Waals surface area (Å²) in [5, 5.41) is 0. The molecule has 0 saturated heterocycles. The minimum Gasteiger partial charge on any atom is -0.458 e. The zero-order valence-electron chi connectivity index (χ0n) is 22.0. The molecule has 4 aromatic carbocycles. The van der Waals surface area contributed by atoms with E-state index in [-0.39, 0.29) is 17.5 Å². The monoisotopic (exact) mass is 490 g/mol. The van der Waals surface area contributed by atoms with Crippen LogP contribution in [0.1, 0.15) is 49.9 Å². The van der Waals surface area contributed by atoms with Gasteiger partial charge in [0, 0.05) is 39.9 Å². The average molecular weight is 490 g/mol. The molecule has 0 amide bonds. The van der Waals surface area contributed by atoms with Gasteiger partial charge in [0.15, 0.2) is 5.82 Å². The second kappa shape index (κ2) is 7.23. The largest absolute Gasteiger partial charge is 0.458 e. The molecular weight excluding hydrogens is 463 g/mol. The number of ether oxygens (including phenoxy) is 1. The second-order valence-corrected chi connectivity index (χ2v) is 11.8. The van der Waals surface area contributed by atoms with Gasteiger partial charge >= 0.3 is 0 Å². The van der Waals surface area contributed by atoms with Crippen molar-refractivity contribution < 1.29 is 4.74 Å². The quantitative estimate of drug-likeness (QED) is 0.292. The first-order chi connectivity index (χ1) is 18.4. The van der Waals surface area contributed by atoms with E-state index >= 15 is 0 Å². The third kappa shape index (κ3) is 2.65. The maximum Gasteiger partial charge on any atom is 0.252 e. The summed E-state index contributed by atoms with van der Waals surface area (Å²) in [5.41, 5.74) is 12.4. The Morgan fingerprint density at radius 2 is 1.18 bits per heavy atom. The standard InChI is InChI=1S/C34H27BN2O/c1-33(2)23-12-8-13-24-28(23)35-29-25(33)14-9-15-27(29)38-31-22(16-17-26(30(31)35)34(24,3)4)21-18-36-32(37-19-21)20-10-6-5-7-11-20/h5-19H,1-4H3. The molecule has 3 aliphatic rings. The molecule has 38 heavy (non-hydrogen) atoms. The van der Waals surface area contributed by atoms with E-state index in [1.54, 1.807) is 0 Å². The lowest BCUT2D eigenvalue weighted by molar-refractivity contribution is 0.482. The molecule has 0 radical (unpaired) electrons. The Bertz CT molecular complexity index is 1770. The molecule has 0 N–H and O–H groups in total. The number of hydrogen-bond donors (Lipinski definition) is 0. The van der Waals surface area contributed by atoms with Crippen molar-refractivity contribution in [1.82, 2.24) is 9.97 Å². The molecule has 5 aromatic rings. The van der Waals surface area contributed by atoms with Crippen LogP contribution in [-0.4, -0.2) is 16.7 Å². The first kappa shape index (κ1) is 21.9. The highest BCUT2D eigenvalue weighted by Gasteiger charge is 2.52. The minimum absolute atomic E-state index is 0.0969. The highest BCUT2D eigenvalue weighted by atomic mass is 16.5. The molecule has 182 valence electrons. The van der Waals surface area contributed by atoms with Crippen LogP contribution in [0.4, 0.5) is 0 Å². The third-order valence-electron chi connectivity index (χ3n) is 9.13. The summed E-state index contributed by atoms with van der Waals surface area (Å²) in [5.74, 6) is 2.64. The molecule has 3 aliphatic heterocycles. The SMILES string of the molecule is CC1(C)c2cccc3c2B2c4c1cccc4C(C)(C)c1ccc(-c4cnc(-c5ccccc5)nc4)c(c12)O3. The normalized spacial score (nSPS) is 16.5. The van der Waals surface area contributed by atoms with Crippen molar-refractivity contribution in [3.05, 3.63) is 114 Å². The number of benzene rings is 4. The second-order valence-electron chi connectivity index (χ2n) is 11.8. The van der Waals surface area contributed by atoms with Crippen LogP contribution in [0.3, 0.4) is 0 Å². The van der Waals surface area contributed by atoms with Crippen molar-refractivity contribution in [2.45, 2.75) is 38.5 Å². The Kier molecular flexibility index (Phi) is 4.16. The summed E-state index contributed by atoms with van der Waals surface area (Å²) in [7, 11) is 0. The van der Waals surface area contributed by atoms with Gasteiger partial charge in [0.25, 0.3) is 6.71 Å². The van der Waals surface area contributed by atoms with Crippen LogP contribution in [0.15, 0.2) is 91.3 Å². The molecular formula is C34H27BN2O. The molecule has 0 bridgehead atoms. The Morgan fingerprint density at radius 1 is 0.579 bits per heavy atom. The van der Waals surface area contributed by atoms with E-state index in [4.69, 9.17) is 14.7 Å². The van der Waals surface area contributed by atoms with Gasteiger partial charge in [-0.1, -0.05) is 106 Å². The van der Waals surface area contributed by atoms with Crippen LogP contribution >= 0.6 is 0 Å². The van der Waals surface area contributed by atoms with Crippen LogP contribution in [-0.2, 0) is 10.8 Å². The molecule has 4 heteroatoms. The Labute approximate surface area is 223 Å². The minimum atomic E-state index is -0.138. The topological polar surface area (TPSA) is 35.0 Å². The first-order valence-electron chi connectivity index (χ1n) is 13.4. The molecule has 0 atom stereocenters. The lowest BCUT2D eigenvalue weighted by Gasteiger charge is -2.49. The molecule has 0 unspecified atom stereocenters. The molecule has 0 fully saturated rings. The van der Waals surface area contributed by atoms with Crippen molar-refractivity contribution in [2.75, 3.05) is 0 Å². The molecule has 0 saturated carbocycles. The van der Waals surface area contributed by atoms with Crippen molar-refractivity contribution in [1.29, 1.82) is 0 Å². The third-order valence-corrected chi connectivity index (χ3v) is 9.13. The van der Waals surface area contributed by atoms with E-state index < -0.39 is 0 Å². The Hall–Kier alpha value is -4.18. The van der Waals surface area contributed by atoms with Gasteiger partial charge in [0.1, 0.15) is 11.5 Å². The van der Waals surface area contributed by atoms with Crippen LogP contribution in [0, 0.1) is 0 Å². The van der Waals surface area contributed by atoms with Gasteiger partial charge in [0.05, 0.1) is 0 Å².